The number of carbonyl (C=O) groups excluding carboxylic acids is 1. The molecule has 0 aromatic rings. The molecule has 0 aromatic carbocycles. The van der Waals surface area contributed by atoms with Crippen LogP contribution in [0.3, 0.4) is 0 Å². The summed E-state index contributed by atoms with van der Waals surface area (Å²) in [5.41, 5.74) is 0. The van der Waals surface area contributed by atoms with Gasteiger partial charge in [-0.05, 0) is 19.4 Å². The topological polar surface area (TPSA) is 38.3 Å². The fourth-order valence-electron chi connectivity index (χ4n) is 0.842. The molecule has 3 heteroatoms. The van der Waals surface area contributed by atoms with Crippen molar-refractivity contribution in [1.29, 1.82) is 0 Å². The number of methoxy groups -OCH3 is 1. The van der Waals surface area contributed by atoms with E-state index in [1.54, 1.807) is 0 Å². The van der Waals surface area contributed by atoms with Crippen molar-refractivity contribution in [2.75, 3.05) is 13.7 Å². The van der Waals surface area contributed by atoms with Crippen LogP contribution in [0.5, 0.6) is 0 Å². The van der Waals surface area contributed by atoms with Crippen LogP contribution in [-0.4, -0.2) is 25.7 Å². The molecule has 0 aromatic heterocycles. The maximum Gasteiger partial charge on any atom is 0.307 e. The van der Waals surface area contributed by atoms with Gasteiger partial charge in [-0.1, -0.05) is 13.8 Å². The number of esters is 1. The smallest absolute Gasteiger partial charge is 0.307 e. The van der Waals surface area contributed by atoms with Crippen LogP contribution in [0.4, 0.5) is 0 Å². The highest BCUT2D eigenvalue weighted by Crippen LogP contribution is 1.95. The fraction of sp³-hybridized carbons (Fsp3) is 0.889. The van der Waals surface area contributed by atoms with E-state index < -0.39 is 0 Å². The summed E-state index contributed by atoms with van der Waals surface area (Å²) in [4.78, 5) is 10.8. The largest absolute Gasteiger partial charge is 0.469 e. The van der Waals surface area contributed by atoms with Gasteiger partial charge in [-0.3, -0.25) is 4.79 Å². The van der Waals surface area contributed by atoms with Gasteiger partial charge >= 0.3 is 5.97 Å². The third-order valence-electron chi connectivity index (χ3n) is 1.58. The van der Waals surface area contributed by atoms with Gasteiger partial charge in [0.1, 0.15) is 0 Å². The molecular formula is C9H19NO2. The van der Waals surface area contributed by atoms with Crippen molar-refractivity contribution in [3.63, 3.8) is 0 Å². The molecule has 0 heterocycles. The molecule has 0 bridgehead atoms. The molecule has 0 saturated heterocycles. The Balaban J connectivity index is 3.45. The SMILES string of the molecule is COC(=O)CC(C)NCC(C)C. The quantitative estimate of drug-likeness (QED) is 0.634. The number of ether oxygens (including phenoxy) is 1. The Morgan fingerprint density at radius 3 is 2.42 bits per heavy atom. The van der Waals surface area contributed by atoms with Crippen LogP contribution in [0.25, 0.3) is 0 Å². The van der Waals surface area contributed by atoms with Gasteiger partial charge in [0.15, 0.2) is 0 Å². The van der Waals surface area contributed by atoms with E-state index in [-0.39, 0.29) is 12.0 Å². The predicted octanol–water partition coefficient (Wildman–Crippen LogP) is 1.18. The first-order valence-electron chi connectivity index (χ1n) is 4.36. The van der Waals surface area contributed by atoms with Gasteiger partial charge in [0, 0.05) is 6.04 Å². The second kappa shape index (κ2) is 6.00. The van der Waals surface area contributed by atoms with E-state index in [9.17, 15) is 4.79 Å². The van der Waals surface area contributed by atoms with Crippen molar-refractivity contribution in [2.24, 2.45) is 5.92 Å². The van der Waals surface area contributed by atoms with E-state index in [1.165, 1.54) is 7.11 Å². The molecule has 0 aliphatic rings. The van der Waals surface area contributed by atoms with Crippen molar-refractivity contribution in [3.8, 4) is 0 Å². The van der Waals surface area contributed by atoms with E-state index >= 15 is 0 Å². The lowest BCUT2D eigenvalue weighted by molar-refractivity contribution is -0.141. The average molecular weight is 173 g/mol. The summed E-state index contributed by atoms with van der Waals surface area (Å²) in [6.07, 6.45) is 0.448. The normalized spacial score (nSPS) is 13.1. The molecule has 3 nitrogen and oxygen atoms in total. The third-order valence-corrected chi connectivity index (χ3v) is 1.58. The van der Waals surface area contributed by atoms with E-state index in [4.69, 9.17) is 0 Å². The third kappa shape index (κ3) is 6.16. The number of carbonyl (C=O) groups is 1. The minimum absolute atomic E-state index is 0.154. The number of nitrogens with one attached hydrogen (secondary N) is 1. The molecular weight excluding hydrogens is 154 g/mol. The van der Waals surface area contributed by atoms with E-state index in [2.05, 4.69) is 23.9 Å². The molecule has 72 valence electrons. The zero-order chi connectivity index (χ0) is 9.56. The number of rotatable bonds is 5. The fourth-order valence-corrected chi connectivity index (χ4v) is 0.842. The van der Waals surface area contributed by atoms with Crippen LogP contribution in [0.2, 0.25) is 0 Å². The Kier molecular flexibility index (Phi) is 5.72. The van der Waals surface area contributed by atoms with Crippen molar-refractivity contribution in [3.05, 3.63) is 0 Å². The highest BCUT2D eigenvalue weighted by Gasteiger charge is 2.08. The summed E-state index contributed by atoms with van der Waals surface area (Å²) in [7, 11) is 1.41. The first-order valence-corrected chi connectivity index (χ1v) is 4.36. The van der Waals surface area contributed by atoms with Crippen LogP contribution < -0.4 is 5.32 Å². The van der Waals surface area contributed by atoms with Crippen LogP contribution >= 0.6 is 0 Å². The van der Waals surface area contributed by atoms with Crippen molar-refractivity contribution >= 4 is 5.97 Å². The Hall–Kier alpha value is -0.570. The van der Waals surface area contributed by atoms with Gasteiger partial charge < -0.3 is 10.1 Å². The Labute approximate surface area is 74.5 Å². The maximum atomic E-state index is 10.8. The van der Waals surface area contributed by atoms with Crippen molar-refractivity contribution in [2.45, 2.75) is 33.2 Å². The molecule has 0 amide bonds. The first kappa shape index (κ1) is 11.4. The van der Waals surface area contributed by atoms with Gasteiger partial charge in [0.25, 0.3) is 0 Å². The minimum Gasteiger partial charge on any atom is -0.469 e. The summed E-state index contributed by atoms with van der Waals surface area (Å²) in [6, 6.07) is 0.208. The number of hydrogen-bond acceptors (Lipinski definition) is 3. The molecule has 12 heavy (non-hydrogen) atoms. The molecule has 0 spiro atoms. The first-order chi connectivity index (χ1) is 5.56. The highest BCUT2D eigenvalue weighted by atomic mass is 16.5. The zero-order valence-electron chi connectivity index (χ0n) is 8.39. The Morgan fingerprint density at radius 1 is 1.42 bits per heavy atom. The van der Waals surface area contributed by atoms with Gasteiger partial charge in [-0.15, -0.1) is 0 Å². The van der Waals surface area contributed by atoms with Crippen molar-refractivity contribution in [1.82, 2.24) is 5.32 Å². The maximum absolute atomic E-state index is 10.8. The molecule has 0 fully saturated rings. The molecule has 0 aliphatic heterocycles. The van der Waals surface area contributed by atoms with E-state index in [0.717, 1.165) is 6.54 Å². The molecule has 0 radical (unpaired) electrons. The summed E-state index contributed by atoms with van der Waals surface area (Å²) >= 11 is 0. The second-order valence-corrected chi connectivity index (χ2v) is 3.48. The molecule has 0 aliphatic carbocycles. The summed E-state index contributed by atoms with van der Waals surface area (Å²) in [5.74, 6) is 0.462. The molecule has 0 saturated carbocycles. The second-order valence-electron chi connectivity index (χ2n) is 3.48. The monoisotopic (exact) mass is 173 g/mol. The molecule has 1 N–H and O–H groups in total. The van der Waals surface area contributed by atoms with Gasteiger partial charge in [0.05, 0.1) is 13.5 Å². The Morgan fingerprint density at radius 2 is 2.00 bits per heavy atom. The molecule has 0 rings (SSSR count). The standard InChI is InChI=1S/C9H19NO2/c1-7(2)6-10-8(3)5-9(11)12-4/h7-8,10H,5-6H2,1-4H3. The lowest BCUT2D eigenvalue weighted by atomic mass is 10.2. The highest BCUT2D eigenvalue weighted by molar-refractivity contribution is 5.69. The lowest BCUT2D eigenvalue weighted by Crippen LogP contribution is -2.31. The Bertz CT molecular complexity index is 134. The van der Waals surface area contributed by atoms with Gasteiger partial charge in [-0.25, -0.2) is 0 Å². The number of hydrogen-bond donors (Lipinski definition) is 1. The van der Waals surface area contributed by atoms with Crippen LogP contribution in [-0.2, 0) is 9.53 Å². The molecule has 1 atom stereocenters. The van der Waals surface area contributed by atoms with Crippen LogP contribution in [0.1, 0.15) is 27.2 Å². The summed E-state index contributed by atoms with van der Waals surface area (Å²) in [6.45, 7) is 7.20. The van der Waals surface area contributed by atoms with Crippen molar-refractivity contribution < 1.29 is 9.53 Å². The van der Waals surface area contributed by atoms with Crippen LogP contribution in [0.15, 0.2) is 0 Å². The zero-order valence-corrected chi connectivity index (χ0v) is 8.39. The summed E-state index contributed by atoms with van der Waals surface area (Å²) in [5, 5.41) is 3.25. The molecule has 1 unspecified atom stereocenters. The summed E-state index contributed by atoms with van der Waals surface area (Å²) < 4.78 is 4.55. The van der Waals surface area contributed by atoms with E-state index in [0.29, 0.717) is 12.3 Å². The average Bonchev–Trinajstić information content (AvgIpc) is 2.00. The predicted molar refractivity (Wildman–Crippen MR) is 48.9 cm³/mol. The lowest BCUT2D eigenvalue weighted by Gasteiger charge is -2.13. The van der Waals surface area contributed by atoms with E-state index in [1.807, 2.05) is 6.92 Å². The van der Waals surface area contributed by atoms with Gasteiger partial charge in [0.2, 0.25) is 0 Å². The minimum atomic E-state index is -0.154. The van der Waals surface area contributed by atoms with Gasteiger partial charge in [-0.2, -0.15) is 0 Å². The van der Waals surface area contributed by atoms with Crippen LogP contribution in [0, 0.1) is 5.92 Å².